The molecule has 5 N–H and O–H groups in total. The van der Waals surface area contributed by atoms with Gasteiger partial charge in [0.2, 0.25) is 0 Å². The van der Waals surface area contributed by atoms with E-state index in [0.29, 0.717) is 5.82 Å². The molecule has 0 bridgehead atoms. The highest BCUT2D eigenvalue weighted by molar-refractivity contribution is 5.72. The van der Waals surface area contributed by atoms with Crippen molar-refractivity contribution >= 4 is 11.8 Å². The second-order valence-electron chi connectivity index (χ2n) is 1.57. The summed E-state index contributed by atoms with van der Waals surface area (Å²) < 4.78 is 0. The molecule has 1 heterocycles. The van der Waals surface area contributed by atoms with Crippen LogP contribution in [0, 0.1) is 0 Å². The summed E-state index contributed by atoms with van der Waals surface area (Å²) in [6.07, 6.45) is 1.62. The van der Waals surface area contributed by atoms with Crippen molar-refractivity contribution in [1.82, 2.24) is 15.6 Å². The van der Waals surface area contributed by atoms with Crippen molar-refractivity contribution in [3.8, 4) is 0 Å². The lowest BCUT2D eigenvalue weighted by Crippen LogP contribution is -2.34. The van der Waals surface area contributed by atoms with Gasteiger partial charge in [-0.25, -0.2) is 4.79 Å². The highest BCUT2D eigenvalue weighted by atomic mass is 16.2. The summed E-state index contributed by atoms with van der Waals surface area (Å²) >= 11 is 0. The van der Waals surface area contributed by atoms with E-state index in [4.69, 9.17) is 5.73 Å². The van der Waals surface area contributed by atoms with E-state index >= 15 is 0 Å². The van der Waals surface area contributed by atoms with Crippen LogP contribution in [0.5, 0.6) is 0 Å². The largest absolute Gasteiger partial charge is 0.350 e. The number of aromatic amines is 1. The highest BCUT2D eigenvalue weighted by Gasteiger charge is 1.91. The normalized spacial score (nSPS) is 8.80. The Morgan fingerprint density at radius 1 is 1.80 bits per heavy atom. The van der Waals surface area contributed by atoms with Crippen LogP contribution in [-0.4, -0.2) is 16.2 Å². The number of hydrogen-bond acceptors (Lipinski definition) is 3. The molecular formula is C4H7N5O. The first-order valence-electron chi connectivity index (χ1n) is 2.60. The summed E-state index contributed by atoms with van der Waals surface area (Å²) in [6, 6.07) is 0.999. The number of amides is 2. The molecule has 54 valence electrons. The Morgan fingerprint density at radius 2 is 2.60 bits per heavy atom. The molecule has 2 amide bonds. The van der Waals surface area contributed by atoms with Gasteiger partial charge in [0.05, 0.1) is 0 Å². The maximum Gasteiger partial charge on any atom is 0.330 e. The van der Waals surface area contributed by atoms with Crippen molar-refractivity contribution in [1.29, 1.82) is 0 Å². The number of nitrogens with zero attached hydrogens (tertiary/aromatic N) is 1. The zero-order valence-electron chi connectivity index (χ0n) is 5.09. The molecule has 6 heteroatoms. The highest BCUT2D eigenvalue weighted by Crippen LogP contribution is 1.93. The predicted molar refractivity (Wildman–Crippen MR) is 34.9 cm³/mol. The minimum absolute atomic E-state index is 0.513. The molecule has 0 aliphatic carbocycles. The molecule has 10 heavy (non-hydrogen) atoms. The molecule has 6 nitrogen and oxygen atoms in total. The Morgan fingerprint density at radius 3 is 3.10 bits per heavy atom. The average molecular weight is 141 g/mol. The van der Waals surface area contributed by atoms with Crippen LogP contribution in [-0.2, 0) is 0 Å². The van der Waals surface area contributed by atoms with Crippen LogP contribution in [0.25, 0.3) is 0 Å². The molecule has 0 atom stereocenters. The van der Waals surface area contributed by atoms with Crippen molar-refractivity contribution in [2.45, 2.75) is 0 Å². The SMILES string of the molecule is NC(=O)NNc1cc[nH]n1. The molecule has 1 aromatic rings. The quantitative estimate of drug-likeness (QED) is 0.414. The summed E-state index contributed by atoms with van der Waals surface area (Å²) in [5.41, 5.74) is 9.37. The number of anilines is 1. The summed E-state index contributed by atoms with van der Waals surface area (Å²) in [5.74, 6) is 0.513. The number of aromatic nitrogens is 2. The van der Waals surface area contributed by atoms with E-state index in [-0.39, 0.29) is 0 Å². The van der Waals surface area contributed by atoms with Gasteiger partial charge in [-0.2, -0.15) is 5.10 Å². The lowest BCUT2D eigenvalue weighted by atomic mass is 10.7. The number of nitrogens with one attached hydrogen (secondary N) is 3. The molecule has 0 radical (unpaired) electrons. The van der Waals surface area contributed by atoms with Crippen molar-refractivity contribution < 1.29 is 4.79 Å². The molecule has 0 saturated carbocycles. The predicted octanol–water partition coefficient (Wildman–Crippen LogP) is -0.595. The van der Waals surface area contributed by atoms with Crippen LogP contribution in [0.4, 0.5) is 10.6 Å². The van der Waals surface area contributed by atoms with Gasteiger partial charge in [-0.15, -0.1) is 0 Å². The Labute approximate surface area is 56.8 Å². The molecule has 1 aromatic heterocycles. The summed E-state index contributed by atoms with van der Waals surface area (Å²) in [5, 5.41) is 6.23. The van der Waals surface area contributed by atoms with E-state index < -0.39 is 6.03 Å². The molecular weight excluding hydrogens is 134 g/mol. The van der Waals surface area contributed by atoms with Crippen molar-refractivity contribution in [3.63, 3.8) is 0 Å². The number of carbonyl (C=O) groups is 1. The van der Waals surface area contributed by atoms with Crippen LogP contribution in [0.1, 0.15) is 0 Å². The van der Waals surface area contributed by atoms with Crippen LogP contribution >= 0.6 is 0 Å². The minimum atomic E-state index is -0.650. The zero-order valence-corrected chi connectivity index (χ0v) is 5.09. The van der Waals surface area contributed by atoms with Crippen LogP contribution in [0.2, 0.25) is 0 Å². The second-order valence-corrected chi connectivity index (χ2v) is 1.57. The summed E-state index contributed by atoms with van der Waals surface area (Å²) in [6.45, 7) is 0. The number of rotatable bonds is 2. The van der Waals surface area contributed by atoms with Gasteiger partial charge in [0.25, 0.3) is 0 Å². The lowest BCUT2D eigenvalue weighted by molar-refractivity contribution is 0.250. The maximum absolute atomic E-state index is 10.1. The molecule has 0 aliphatic heterocycles. The van der Waals surface area contributed by atoms with Gasteiger partial charge in [-0.3, -0.25) is 16.0 Å². The van der Waals surface area contributed by atoms with E-state index in [1.807, 2.05) is 0 Å². The molecule has 0 fully saturated rings. The van der Waals surface area contributed by atoms with Crippen LogP contribution in [0.3, 0.4) is 0 Å². The first kappa shape index (κ1) is 6.40. The molecule has 0 saturated heterocycles. The van der Waals surface area contributed by atoms with Crippen molar-refractivity contribution in [3.05, 3.63) is 12.3 Å². The lowest BCUT2D eigenvalue weighted by Gasteiger charge is -1.99. The molecule has 0 aliphatic rings. The van der Waals surface area contributed by atoms with Crippen LogP contribution in [0.15, 0.2) is 12.3 Å². The van der Waals surface area contributed by atoms with Gasteiger partial charge in [-0.1, -0.05) is 0 Å². The second kappa shape index (κ2) is 2.72. The number of primary amides is 1. The number of nitrogens with two attached hydrogens (primary N) is 1. The van der Waals surface area contributed by atoms with Gasteiger partial charge in [0, 0.05) is 12.3 Å². The van der Waals surface area contributed by atoms with E-state index in [9.17, 15) is 4.79 Å². The fourth-order valence-electron chi connectivity index (χ4n) is 0.456. The van der Waals surface area contributed by atoms with E-state index in [2.05, 4.69) is 21.0 Å². The standard InChI is InChI=1S/C4H7N5O/c5-4(10)9-8-3-1-2-6-7-3/h1-2H,(H3,5,9,10)(H2,6,7,8). The number of H-pyrrole nitrogens is 1. The number of urea groups is 1. The Hall–Kier alpha value is -1.72. The fraction of sp³-hybridized carbons (Fsp3) is 0. The molecule has 1 rings (SSSR count). The van der Waals surface area contributed by atoms with Gasteiger partial charge >= 0.3 is 6.03 Å². The molecule has 0 unspecified atom stereocenters. The summed E-state index contributed by atoms with van der Waals surface area (Å²) in [7, 11) is 0. The van der Waals surface area contributed by atoms with Gasteiger partial charge in [0.15, 0.2) is 5.82 Å². The van der Waals surface area contributed by atoms with Crippen molar-refractivity contribution in [2.75, 3.05) is 5.43 Å². The van der Waals surface area contributed by atoms with E-state index in [1.54, 1.807) is 12.3 Å². The Balaban J connectivity index is 2.35. The topological polar surface area (TPSA) is 95.8 Å². The van der Waals surface area contributed by atoms with Crippen molar-refractivity contribution in [2.24, 2.45) is 5.73 Å². The molecule has 0 aromatic carbocycles. The fourth-order valence-corrected chi connectivity index (χ4v) is 0.456. The first-order chi connectivity index (χ1) is 4.79. The number of carbonyl (C=O) groups excluding carboxylic acids is 1. The number of hydrogen-bond donors (Lipinski definition) is 4. The van der Waals surface area contributed by atoms with Crippen LogP contribution < -0.4 is 16.6 Å². The summed E-state index contributed by atoms with van der Waals surface area (Å²) in [4.78, 5) is 10.1. The first-order valence-corrected chi connectivity index (χ1v) is 2.60. The van der Waals surface area contributed by atoms with E-state index in [1.165, 1.54) is 0 Å². The molecule has 0 spiro atoms. The average Bonchev–Trinajstić information content (AvgIpc) is 2.34. The monoisotopic (exact) mass is 141 g/mol. The third-order valence-corrected chi connectivity index (χ3v) is 0.815. The Bertz CT molecular complexity index is 205. The smallest absolute Gasteiger partial charge is 0.330 e. The van der Waals surface area contributed by atoms with Gasteiger partial charge in [0.1, 0.15) is 0 Å². The van der Waals surface area contributed by atoms with E-state index in [0.717, 1.165) is 0 Å². The number of hydrazine groups is 1. The third-order valence-electron chi connectivity index (χ3n) is 0.815. The van der Waals surface area contributed by atoms with Gasteiger partial charge in [-0.05, 0) is 0 Å². The minimum Gasteiger partial charge on any atom is -0.350 e. The third kappa shape index (κ3) is 1.66. The zero-order chi connectivity index (χ0) is 7.40. The van der Waals surface area contributed by atoms with Gasteiger partial charge < -0.3 is 5.73 Å². The maximum atomic E-state index is 10.1. The Kier molecular flexibility index (Phi) is 1.74.